The molecule has 3 rings (SSSR count). The molecule has 1 aromatic carbocycles. The summed E-state index contributed by atoms with van der Waals surface area (Å²) in [4.78, 5) is 7.43. The second-order valence-electron chi connectivity index (χ2n) is 4.13. The summed E-state index contributed by atoms with van der Waals surface area (Å²) in [6.45, 7) is 1.96. The van der Waals surface area contributed by atoms with Crippen molar-refractivity contribution in [1.29, 1.82) is 0 Å². The molecule has 18 heavy (non-hydrogen) atoms. The van der Waals surface area contributed by atoms with E-state index in [1.807, 2.05) is 13.0 Å². The fraction of sp³-hybridized carbons (Fsp3) is 0.0769. The van der Waals surface area contributed by atoms with Crippen molar-refractivity contribution in [2.75, 3.05) is 0 Å². The van der Waals surface area contributed by atoms with Gasteiger partial charge in [-0.2, -0.15) is 0 Å². The lowest BCUT2D eigenvalue weighted by Gasteiger charge is -2.03. The highest BCUT2D eigenvalue weighted by Crippen LogP contribution is 2.18. The Labute approximate surface area is 108 Å². The van der Waals surface area contributed by atoms with Crippen LogP contribution in [0.25, 0.3) is 16.9 Å². The third kappa shape index (κ3) is 1.73. The van der Waals surface area contributed by atoms with Crippen LogP contribution in [0.4, 0.5) is 4.39 Å². The lowest BCUT2D eigenvalue weighted by atomic mass is 10.3. The fourth-order valence-corrected chi connectivity index (χ4v) is 2.26. The Hall–Kier alpha value is -2.01. The van der Waals surface area contributed by atoms with E-state index in [9.17, 15) is 4.39 Å². The lowest BCUT2D eigenvalue weighted by molar-refractivity contribution is 0.626. The van der Waals surface area contributed by atoms with Crippen molar-refractivity contribution in [1.82, 2.24) is 14.5 Å². The maximum Gasteiger partial charge on any atom is 0.183 e. The molecule has 2 aromatic heterocycles. The molecule has 0 atom stereocenters. The predicted octanol–water partition coefficient (Wildman–Crippen LogP) is 3.53. The van der Waals surface area contributed by atoms with Gasteiger partial charge in [-0.15, -0.1) is 0 Å². The molecule has 0 spiro atoms. The summed E-state index contributed by atoms with van der Waals surface area (Å²) in [7, 11) is 0. The number of nitrogens with zero attached hydrogens (tertiary/aromatic N) is 2. The van der Waals surface area contributed by atoms with E-state index in [0.29, 0.717) is 16.1 Å². The summed E-state index contributed by atoms with van der Waals surface area (Å²) >= 11 is 5.27. The van der Waals surface area contributed by atoms with Crippen LogP contribution in [0.15, 0.2) is 36.5 Å². The van der Waals surface area contributed by atoms with E-state index in [0.717, 1.165) is 11.1 Å². The van der Waals surface area contributed by atoms with Gasteiger partial charge in [-0.3, -0.25) is 4.57 Å². The van der Waals surface area contributed by atoms with Gasteiger partial charge in [-0.1, -0.05) is 6.07 Å². The van der Waals surface area contributed by atoms with Crippen LogP contribution < -0.4 is 0 Å². The van der Waals surface area contributed by atoms with E-state index in [1.54, 1.807) is 22.9 Å². The van der Waals surface area contributed by atoms with Gasteiger partial charge in [0, 0.05) is 6.20 Å². The molecule has 5 heteroatoms. The smallest absolute Gasteiger partial charge is 0.183 e. The molecular formula is C13H10FN3S. The first-order valence-electron chi connectivity index (χ1n) is 5.48. The molecule has 3 nitrogen and oxygen atoms in total. The molecule has 90 valence electrons. The number of aryl methyl sites for hydroxylation is 1. The highest BCUT2D eigenvalue weighted by atomic mass is 32.1. The van der Waals surface area contributed by atoms with Crippen LogP contribution >= 0.6 is 12.2 Å². The van der Waals surface area contributed by atoms with Crippen LogP contribution in [0.5, 0.6) is 0 Å². The second kappa shape index (κ2) is 4.03. The Kier molecular flexibility index (Phi) is 2.48. The van der Waals surface area contributed by atoms with Crippen LogP contribution in [-0.2, 0) is 0 Å². The lowest BCUT2D eigenvalue weighted by Crippen LogP contribution is -1.96. The standard InChI is InChI=1S/C13H10FN3S/c1-8-5-11-12(15-7-8)17(13(18)16-11)10-4-2-3-9(14)6-10/h2-7H,1H3,(H,16,18). The third-order valence-electron chi connectivity index (χ3n) is 2.73. The molecule has 2 heterocycles. The first-order chi connectivity index (χ1) is 8.65. The quantitative estimate of drug-likeness (QED) is 0.678. The Balaban J connectivity index is 2.35. The summed E-state index contributed by atoms with van der Waals surface area (Å²) in [6, 6.07) is 8.26. The van der Waals surface area contributed by atoms with E-state index < -0.39 is 0 Å². The average Bonchev–Trinajstić information content (AvgIpc) is 2.64. The van der Waals surface area contributed by atoms with Crippen LogP contribution in [-0.4, -0.2) is 14.5 Å². The van der Waals surface area contributed by atoms with Crippen molar-refractivity contribution in [3.05, 3.63) is 52.7 Å². The topological polar surface area (TPSA) is 33.6 Å². The minimum atomic E-state index is -0.295. The number of fused-ring (bicyclic) bond motifs is 1. The zero-order valence-electron chi connectivity index (χ0n) is 9.64. The van der Waals surface area contributed by atoms with Crippen molar-refractivity contribution in [2.24, 2.45) is 0 Å². The molecule has 0 amide bonds. The molecule has 0 aliphatic heterocycles. The highest BCUT2D eigenvalue weighted by molar-refractivity contribution is 7.71. The number of H-pyrrole nitrogens is 1. The van der Waals surface area contributed by atoms with Crippen molar-refractivity contribution in [3.8, 4) is 5.69 Å². The van der Waals surface area contributed by atoms with E-state index >= 15 is 0 Å². The maximum atomic E-state index is 13.3. The van der Waals surface area contributed by atoms with Gasteiger partial charge in [0.1, 0.15) is 5.82 Å². The maximum absolute atomic E-state index is 13.3. The number of pyridine rings is 1. The van der Waals surface area contributed by atoms with E-state index in [-0.39, 0.29) is 5.82 Å². The minimum absolute atomic E-state index is 0.295. The molecule has 0 radical (unpaired) electrons. The average molecular weight is 259 g/mol. The summed E-state index contributed by atoms with van der Waals surface area (Å²) in [6.07, 6.45) is 1.76. The second-order valence-corrected chi connectivity index (χ2v) is 4.52. The van der Waals surface area contributed by atoms with Crippen LogP contribution in [0.1, 0.15) is 5.56 Å². The SMILES string of the molecule is Cc1cnc2c(c1)[nH]c(=S)n2-c1cccc(F)c1. The molecule has 0 bridgehead atoms. The number of aromatic amines is 1. The number of hydrogen-bond donors (Lipinski definition) is 1. The first kappa shape index (κ1) is 11.1. The van der Waals surface area contributed by atoms with Crippen LogP contribution in [0, 0.1) is 17.5 Å². The first-order valence-corrected chi connectivity index (χ1v) is 5.89. The largest absolute Gasteiger partial charge is 0.329 e. The summed E-state index contributed by atoms with van der Waals surface area (Å²) in [5.41, 5.74) is 3.27. The number of nitrogens with one attached hydrogen (secondary N) is 1. The van der Waals surface area contributed by atoms with Gasteiger partial charge in [0.2, 0.25) is 0 Å². The molecule has 1 N–H and O–H groups in total. The molecule has 3 aromatic rings. The molecule has 0 saturated carbocycles. The zero-order chi connectivity index (χ0) is 12.7. The van der Waals surface area contributed by atoms with E-state index in [1.165, 1.54) is 12.1 Å². The van der Waals surface area contributed by atoms with Crippen LogP contribution in [0.3, 0.4) is 0 Å². The van der Waals surface area contributed by atoms with E-state index in [2.05, 4.69) is 9.97 Å². The van der Waals surface area contributed by atoms with Gasteiger partial charge in [0.15, 0.2) is 10.4 Å². The van der Waals surface area contributed by atoms with E-state index in [4.69, 9.17) is 12.2 Å². The van der Waals surface area contributed by atoms with Crippen molar-refractivity contribution >= 4 is 23.4 Å². The Bertz CT molecular complexity index is 788. The Morgan fingerprint density at radius 3 is 2.94 bits per heavy atom. The monoisotopic (exact) mass is 259 g/mol. The molecule has 0 aliphatic rings. The van der Waals surface area contributed by atoms with Gasteiger partial charge in [0.05, 0.1) is 11.2 Å². The van der Waals surface area contributed by atoms with Crippen molar-refractivity contribution in [2.45, 2.75) is 6.92 Å². The number of rotatable bonds is 1. The van der Waals surface area contributed by atoms with Gasteiger partial charge in [0.25, 0.3) is 0 Å². The minimum Gasteiger partial charge on any atom is -0.329 e. The third-order valence-corrected chi connectivity index (χ3v) is 3.01. The normalized spacial score (nSPS) is 11.0. The summed E-state index contributed by atoms with van der Waals surface area (Å²) in [5, 5.41) is 0. The number of halogens is 1. The molecular weight excluding hydrogens is 249 g/mol. The number of hydrogen-bond acceptors (Lipinski definition) is 2. The van der Waals surface area contributed by atoms with Crippen molar-refractivity contribution in [3.63, 3.8) is 0 Å². The van der Waals surface area contributed by atoms with Gasteiger partial charge in [-0.05, 0) is 49.0 Å². The van der Waals surface area contributed by atoms with Crippen LogP contribution in [0.2, 0.25) is 0 Å². The summed E-state index contributed by atoms with van der Waals surface area (Å²) < 4.78 is 15.5. The molecule has 0 saturated heterocycles. The Morgan fingerprint density at radius 2 is 2.17 bits per heavy atom. The van der Waals surface area contributed by atoms with Gasteiger partial charge >= 0.3 is 0 Å². The summed E-state index contributed by atoms with van der Waals surface area (Å²) in [5.74, 6) is -0.295. The Morgan fingerprint density at radius 1 is 1.33 bits per heavy atom. The zero-order valence-corrected chi connectivity index (χ0v) is 10.5. The fourth-order valence-electron chi connectivity index (χ4n) is 1.95. The highest BCUT2D eigenvalue weighted by Gasteiger charge is 2.08. The predicted molar refractivity (Wildman–Crippen MR) is 70.9 cm³/mol. The number of benzene rings is 1. The molecule has 0 aliphatic carbocycles. The van der Waals surface area contributed by atoms with Crippen molar-refractivity contribution < 1.29 is 4.39 Å². The van der Waals surface area contributed by atoms with Gasteiger partial charge in [-0.25, -0.2) is 9.37 Å². The molecule has 0 unspecified atom stereocenters. The molecule has 0 fully saturated rings. The number of imidazole rings is 1. The number of aromatic nitrogens is 3. The van der Waals surface area contributed by atoms with Gasteiger partial charge < -0.3 is 4.98 Å².